The molecule has 1 aromatic heterocycles. The van der Waals surface area contributed by atoms with E-state index < -0.39 is 0 Å². The Morgan fingerprint density at radius 3 is 2.44 bits per heavy atom. The molecule has 1 N–H and O–H groups in total. The Labute approximate surface area is 148 Å². The molecule has 1 aliphatic rings. The zero-order chi connectivity index (χ0) is 18.0. The highest BCUT2D eigenvalue weighted by molar-refractivity contribution is 6.06. The number of carbonyl (C=O) groups excluding carboxylic acids is 1. The molecule has 1 atom stereocenters. The Morgan fingerprint density at radius 2 is 1.76 bits per heavy atom. The molecule has 0 spiro atoms. The molecule has 134 valence electrons. The molecular formula is C19H26N4O2. The van der Waals surface area contributed by atoms with Gasteiger partial charge in [0.15, 0.2) is 0 Å². The van der Waals surface area contributed by atoms with Crippen LogP contribution in [0.4, 0.5) is 0 Å². The second-order valence-corrected chi connectivity index (χ2v) is 6.98. The third-order valence-corrected chi connectivity index (χ3v) is 4.84. The number of hydrogen-bond acceptors (Lipinski definition) is 4. The molecule has 1 fully saturated rings. The van der Waals surface area contributed by atoms with Crippen LogP contribution in [0.5, 0.6) is 0 Å². The van der Waals surface area contributed by atoms with Gasteiger partial charge < -0.3 is 14.8 Å². The number of hydrogen-bond donors (Lipinski definition) is 1. The minimum Gasteiger partial charge on any atom is -0.348 e. The SMILES string of the molecule is CC(CN1CCN(C)CC1)NC(=O)c1cn(C)c(=O)c2ccccc12. The largest absolute Gasteiger partial charge is 0.348 e. The molecular weight excluding hydrogens is 316 g/mol. The van der Waals surface area contributed by atoms with Crippen LogP contribution in [0, 0.1) is 0 Å². The monoisotopic (exact) mass is 342 g/mol. The van der Waals surface area contributed by atoms with E-state index in [1.165, 1.54) is 4.57 Å². The summed E-state index contributed by atoms with van der Waals surface area (Å²) in [7, 11) is 3.81. The van der Waals surface area contributed by atoms with Gasteiger partial charge in [-0.1, -0.05) is 18.2 Å². The summed E-state index contributed by atoms with van der Waals surface area (Å²) in [4.78, 5) is 29.7. The van der Waals surface area contributed by atoms with Crippen LogP contribution in [0.3, 0.4) is 0 Å². The Bertz CT molecular complexity index is 822. The summed E-state index contributed by atoms with van der Waals surface area (Å²) in [6.07, 6.45) is 1.63. The molecule has 2 heterocycles. The van der Waals surface area contributed by atoms with Crippen LogP contribution in [0.25, 0.3) is 10.8 Å². The van der Waals surface area contributed by atoms with E-state index in [1.807, 2.05) is 25.1 Å². The number of rotatable bonds is 4. The van der Waals surface area contributed by atoms with Gasteiger partial charge >= 0.3 is 0 Å². The van der Waals surface area contributed by atoms with Crippen molar-refractivity contribution in [1.29, 1.82) is 0 Å². The van der Waals surface area contributed by atoms with Crippen molar-refractivity contribution in [3.05, 3.63) is 46.4 Å². The maximum atomic E-state index is 12.8. The smallest absolute Gasteiger partial charge is 0.258 e. The third-order valence-electron chi connectivity index (χ3n) is 4.84. The molecule has 0 radical (unpaired) electrons. The van der Waals surface area contributed by atoms with E-state index >= 15 is 0 Å². The Morgan fingerprint density at radius 1 is 1.12 bits per heavy atom. The molecule has 0 aliphatic carbocycles. The van der Waals surface area contributed by atoms with Gasteiger partial charge in [-0.2, -0.15) is 0 Å². The number of carbonyl (C=O) groups is 1. The average Bonchev–Trinajstić information content (AvgIpc) is 2.60. The quantitative estimate of drug-likeness (QED) is 0.897. The first-order valence-electron chi connectivity index (χ1n) is 8.76. The van der Waals surface area contributed by atoms with Gasteiger partial charge in [0.25, 0.3) is 11.5 Å². The maximum absolute atomic E-state index is 12.8. The van der Waals surface area contributed by atoms with Crippen molar-refractivity contribution >= 4 is 16.7 Å². The summed E-state index contributed by atoms with van der Waals surface area (Å²) in [6, 6.07) is 7.32. The van der Waals surface area contributed by atoms with E-state index in [4.69, 9.17) is 0 Å². The second-order valence-electron chi connectivity index (χ2n) is 6.98. The van der Waals surface area contributed by atoms with Crippen LogP contribution in [-0.4, -0.2) is 66.1 Å². The number of benzene rings is 1. The molecule has 6 heteroatoms. The fourth-order valence-corrected chi connectivity index (χ4v) is 3.36. The summed E-state index contributed by atoms with van der Waals surface area (Å²) in [5.41, 5.74) is 0.459. The van der Waals surface area contributed by atoms with Crippen LogP contribution >= 0.6 is 0 Å². The van der Waals surface area contributed by atoms with Gasteiger partial charge in [0.2, 0.25) is 0 Å². The van der Waals surface area contributed by atoms with Crippen molar-refractivity contribution in [1.82, 2.24) is 19.7 Å². The molecule has 0 bridgehead atoms. The average molecular weight is 342 g/mol. The first kappa shape index (κ1) is 17.6. The van der Waals surface area contributed by atoms with Gasteiger partial charge in [0.05, 0.1) is 5.56 Å². The van der Waals surface area contributed by atoms with Gasteiger partial charge in [-0.15, -0.1) is 0 Å². The standard InChI is InChI=1S/C19H26N4O2/c1-14(12-23-10-8-21(2)9-11-23)20-18(24)17-13-22(3)19(25)16-7-5-4-6-15(16)17/h4-7,13-14H,8-12H2,1-3H3,(H,20,24). The molecule has 1 amide bonds. The Hall–Kier alpha value is -2.18. The normalized spacial score (nSPS) is 17.6. The highest BCUT2D eigenvalue weighted by atomic mass is 16.2. The predicted octanol–water partition coefficient (Wildman–Crippen LogP) is 0.904. The highest BCUT2D eigenvalue weighted by Gasteiger charge is 2.19. The molecule has 0 saturated carbocycles. The summed E-state index contributed by atoms with van der Waals surface area (Å²) < 4.78 is 1.47. The van der Waals surface area contributed by atoms with Gasteiger partial charge in [0, 0.05) is 62.8 Å². The Balaban J connectivity index is 1.74. The van der Waals surface area contributed by atoms with Crippen LogP contribution in [0.2, 0.25) is 0 Å². The topological polar surface area (TPSA) is 57.6 Å². The highest BCUT2D eigenvalue weighted by Crippen LogP contribution is 2.15. The van der Waals surface area contributed by atoms with E-state index in [1.54, 1.807) is 19.3 Å². The van der Waals surface area contributed by atoms with E-state index in [2.05, 4.69) is 22.2 Å². The lowest BCUT2D eigenvalue weighted by atomic mass is 10.1. The van der Waals surface area contributed by atoms with Gasteiger partial charge in [-0.3, -0.25) is 14.5 Å². The maximum Gasteiger partial charge on any atom is 0.258 e. The van der Waals surface area contributed by atoms with Crippen LogP contribution in [-0.2, 0) is 7.05 Å². The molecule has 3 rings (SSSR count). The number of amides is 1. The molecule has 6 nitrogen and oxygen atoms in total. The minimum atomic E-state index is -0.131. The van der Waals surface area contributed by atoms with Crippen molar-refractivity contribution in [2.24, 2.45) is 7.05 Å². The number of fused-ring (bicyclic) bond motifs is 1. The van der Waals surface area contributed by atoms with Crippen LogP contribution in [0.15, 0.2) is 35.3 Å². The lowest BCUT2D eigenvalue weighted by Crippen LogP contribution is -2.49. The number of nitrogens with zero attached hydrogens (tertiary/aromatic N) is 3. The fraction of sp³-hybridized carbons (Fsp3) is 0.474. The fourth-order valence-electron chi connectivity index (χ4n) is 3.36. The lowest BCUT2D eigenvalue weighted by Gasteiger charge is -2.34. The molecule has 1 aliphatic heterocycles. The Kier molecular flexibility index (Phi) is 5.20. The number of nitrogens with one attached hydrogen (secondary N) is 1. The zero-order valence-electron chi connectivity index (χ0n) is 15.2. The van der Waals surface area contributed by atoms with Gasteiger partial charge in [-0.25, -0.2) is 0 Å². The lowest BCUT2D eigenvalue weighted by molar-refractivity contribution is 0.0915. The first-order chi connectivity index (χ1) is 12.0. The third kappa shape index (κ3) is 3.91. The zero-order valence-corrected chi connectivity index (χ0v) is 15.2. The first-order valence-corrected chi connectivity index (χ1v) is 8.76. The van der Waals surface area contributed by atoms with E-state index in [0.29, 0.717) is 16.3 Å². The van der Waals surface area contributed by atoms with E-state index in [9.17, 15) is 9.59 Å². The van der Waals surface area contributed by atoms with E-state index in [0.717, 1.165) is 32.7 Å². The van der Waals surface area contributed by atoms with Crippen molar-refractivity contribution in [3.63, 3.8) is 0 Å². The van der Waals surface area contributed by atoms with Crippen molar-refractivity contribution < 1.29 is 4.79 Å². The number of aryl methyl sites for hydroxylation is 1. The van der Waals surface area contributed by atoms with Crippen molar-refractivity contribution in [2.45, 2.75) is 13.0 Å². The molecule has 1 saturated heterocycles. The molecule has 2 aromatic rings. The molecule has 25 heavy (non-hydrogen) atoms. The van der Waals surface area contributed by atoms with Crippen molar-refractivity contribution in [2.75, 3.05) is 39.8 Å². The number of aromatic nitrogens is 1. The molecule has 1 aromatic carbocycles. The van der Waals surface area contributed by atoms with Crippen molar-refractivity contribution in [3.8, 4) is 0 Å². The second kappa shape index (κ2) is 7.37. The van der Waals surface area contributed by atoms with Crippen LogP contribution < -0.4 is 10.9 Å². The number of likely N-dealkylation sites (N-methyl/N-ethyl adjacent to an activating group) is 1. The molecule has 1 unspecified atom stereocenters. The summed E-state index contributed by atoms with van der Waals surface area (Å²) >= 11 is 0. The van der Waals surface area contributed by atoms with Gasteiger partial charge in [0.1, 0.15) is 0 Å². The summed E-state index contributed by atoms with van der Waals surface area (Å²) in [6.45, 7) is 7.04. The summed E-state index contributed by atoms with van der Waals surface area (Å²) in [5.74, 6) is -0.131. The number of piperazine rings is 1. The number of pyridine rings is 1. The van der Waals surface area contributed by atoms with E-state index in [-0.39, 0.29) is 17.5 Å². The minimum absolute atomic E-state index is 0.0481. The summed E-state index contributed by atoms with van der Waals surface area (Å²) in [5, 5.41) is 4.36. The van der Waals surface area contributed by atoms with Gasteiger partial charge in [-0.05, 0) is 20.0 Å². The van der Waals surface area contributed by atoms with Crippen LogP contribution in [0.1, 0.15) is 17.3 Å². The predicted molar refractivity (Wildman–Crippen MR) is 100 cm³/mol.